The third-order valence-electron chi connectivity index (χ3n) is 12.5. The van der Waals surface area contributed by atoms with Crippen LogP contribution < -0.4 is 14.5 Å². The van der Waals surface area contributed by atoms with Gasteiger partial charge in [0.1, 0.15) is 34.2 Å². The van der Waals surface area contributed by atoms with E-state index in [4.69, 9.17) is 13.6 Å². The first kappa shape index (κ1) is 33.9. The van der Waals surface area contributed by atoms with Gasteiger partial charge in [0.25, 0.3) is 0 Å². The molecule has 2 atom stereocenters. The van der Waals surface area contributed by atoms with Crippen LogP contribution in [0.1, 0.15) is 11.5 Å². The molecule has 61 heavy (non-hydrogen) atoms. The quantitative estimate of drug-likeness (QED) is 0.168. The first-order valence-corrected chi connectivity index (χ1v) is 20.8. The highest BCUT2D eigenvalue weighted by Crippen LogP contribution is 2.51. The van der Waals surface area contributed by atoms with E-state index < -0.39 is 0 Å². The van der Waals surface area contributed by atoms with Crippen molar-refractivity contribution in [1.29, 1.82) is 0 Å². The summed E-state index contributed by atoms with van der Waals surface area (Å²) >= 11 is 0. The average Bonchev–Trinajstić information content (AvgIpc) is 4.01. The Morgan fingerprint density at radius 2 is 0.869 bits per heavy atom. The van der Waals surface area contributed by atoms with Crippen molar-refractivity contribution in [2.24, 2.45) is 0 Å². The molecule has 0 radical (unpaired) electrons. The van der Waals surface area contributed by atoms with Crippen LogP contribution in [0.5, 0.6) is 5.75 Å². The van der Waals surface area contributed by atoms with Gasteiger partial charge in [0.2, 0.25) is 0 Å². The number of allylic oxidation sites excluding steroid dienone is 2. The van der Waals surface area contributed by atoms with Gasteiger partial charge in [-0.3, -0.25) is 0 Å². The minimum absolute atomic E-state index is 0.0131. The van der Waals surface area contributed by atoms with Gasteiger partial charge in [0.05, 0.1) is 11.4 Å². The summed E-state index contributed by atoms with van der Waals surface area (Å²) in [7, 11) is 0. The molecular formula is C56H36N2O3. The number of para-hydroxylation sites is 3. The molecular weight excluding hydrogens is 749 g/mol. The zero-order valence-corrected chi connectivity index (χ0v) is 32.9. The fourth-order valence-corrected chi connectivity index (χ4v) is 9.86. The molecule has 5 heteroatoms. The largest absolute Gasteiger partial charge is 0.485 e. The molecule has 0 N–H and O–H groups in total. The van der Waals surface area contributed by atoms with Crippen LogP contribution in [0.3, 0.4) is 0 Å². The number of nitrogens with zero attached hydrogens (tertiary/aromatic N) is 2. The normalized spacial score (nSPS) is 15.5. The Hall–Kier alpha value is -8.02. The van der Waals surface area contributed by atoms with Gasteiger partial charge in [-0.1, -0.05) is 121 Å². The van der Waals surface area contributed by atoms with Crippen LogP contribution >= 0.6 is 0 Å². The number of hydrogen-bond acceptors (Lipinski definition) is 5. The average molecular weight is 785 g/mol. The van der Waals surface area contributed by atoms with Crippen LogP contribution in [0, 0.1) is 0 Å². The molecule has 2 aromatic heterocycles. The fourth-order valence-electron chi connectivity index (χ4n) is 9.86. The van der Waals surface area contributed by atoms with Gasteiger partial charge < -0.3 is 23.4 Å². The van der Waals surface area contributed by atoms with E-state index in [-0.39, 0.29) is 12.0 Å². The van der Waals surface area contributed by atoms with E-state index in [1.54, 1.807) is 0 Å². The van der Waals surface area contributed by atoms with Crippen molar-refractivity contribution < 1.29 is 13.6 Å². The topological polar surface area (TPSA) is 42.0 Å². The third-order valence-corrected chi connectivity index (χ3v) is 12.5. The lowest BCUT2D eigenvalue weighted by atomic mass is 9.91. The van der Waals surface area contributed by atoms with Crippen LogP contribution in [0.4, 0.5) is 34.1 Å². The van der Waals surface area contributed by atoms with Gasteiger partial charge >= 0.3 is 0 Å². The number of ether oxygens (including phenoxy) is 1. The Bertz CT molecular complexity index is 3600. The molecule has 0 bridgehead atoms. The Balaban J connectivity index is 1.06. The Morgan fingerprint density at radius 1 is 0.361 bits per heavy atom. The molecule has 0 fully saturated rings. The van der Waals surface area contributed by atoms with E-state index in [1.807, 2.05) is 12.1 Å². The first-order valence-electron chi connectivity index (χ1n) is 20.8. The zero-order valence-electron chi connectivity index (χ0n) is 32.9. The molecule has 13 rings (SSSR count). The molecule has 0 amide bonds. The molecule has 5 nitrogen and oxygen atoms in total. The van der Waals surface area contributed by atoms with Crippen molar-refractivity contribution in [2.75, 3.05) is 9.80 Å². The van der Waals surface area contributed by atoms with Crippen LogP contribution in [-0.4, -0.2) is 6.10 Å². The molecule has 0 saturated heterocycles. The van der Waals surface area contributed by atoms with Gasteiger partial charge in [-0.25, -0.2) is 0 Å². The third kappa shape index (κ3) is 5.20. The van der Waals surface area contributed by atoms with Crippen LogP contribution in [0.2, 0.25) is 0 Å². The SMILES string of the molecule is C1=CC2Oc3ccc(N(c4ccccc4)c4cc5oc6cc(N(c7ccccc7)c7ccc8oc9ccccc9c8c7)c7ccccc7c6c5c5ccccc45)cc3C2C=C1. The minimum atomic E-state index is 0.0131. The van der Waals surface area contributed by atoms with Gasteiger partial charge in [0, 0.05) is 78.7 Å². The predicted octanol–water partition coefficient (Wildman–Crippen LogP) is 15.7. The summed E-state index contributed by atoms with van der Waals surface area (Å²) < 4.78 is 19.8. The van der Waals surface area contributed by atoms with E-state index in [1.165, 1.54) is 5.56 Å². The second-order valence-corrected chi connectivity index (χ2v) is 16.0. The van der Waals surface area contributed by atoms with Gasteiger partial charge in [-0.15, -0.1) is 0 Å². The highest BCUT2D eigenvalue weighted by atomic mass is 16.5. The summed E-state index contributed by atoms with van der Waals surface area (Å²) in [6.07, 6.45) is 8.61. The Morgan fingerprint density at radius 3 is 1.52 bits per heavy atom. The lowest BCUT2D eigenvalue weighted by molar-refractivity contribution is 0.269. The second kappa shape index (κ2) is 13.2. The first-order chi connectivity index (χ1) is 30.2. The highest BCUT2D eigenvalue weighted by molar-refractivity contribution is 6.30. The minimum Gasteiger partial charge on any atom is -0.485 e. The van der Waals surface area contributed by atoms with E-state index in [9.17, 15) is 0 Å². The van der Waals surface area contributed by atoms with Gasteiger partial charge in [-0.05, 0) is 83.6 Å². The summed E-state index contributed by atoms with van der Waals surface area (Å²) in [5.74, 6) is 1.11. The number of benzene rings is 9. The molecule has 1 aliphatic heterocycles. The van der Waals surface area contributed by atoms with Crippen molar-refractivity contribution in [3.63, 3.8) is 0 Å². The highest BCUT2D eigenvalue weighted by Gasteiger charge is 2.33. The van der Waals surface area contributed by atoms with Crippen LogP contribution in [0.25, 0.3) is 65.4 Å². The maximum absolute atomic E-state index is 7.15. The van der Waals surface area contributed by atoms with Crippen molar-refractivity contribution in [1.82, 2.24) is 0 Å². The summed E-state index contributed by atoms with van der Waals surface area (Å²) in [4.78, 5) is 4.71. The van der Waals surface area contributed by atoms with Crippen molar-refractivity contribution in [3.05, 3.63) is 212 Å². The zero-order chi connectivity index (χ0) is 40.0. The monoisotopic (exact) mass is 784 g/mol. The molecule has 11 aromatic rings. The summed E-state index contributed by atoms with van der Waals surface area (Å²) in [6.45, 7) is 0. The van der Waals surface area contributed by atoms with Crippen LogP contribution in [0.15, 0.2) is 215 Å². The standard InChI is InChI=1S/C56H36N2O3/c1-3-15-35(16-4-1)57(37-27-29-51-45(31-37)41-21-11-13-25-49(41)59-51)47-33-53-55(43-23-9-7-19-39(43)47)56-44-24-10-8-20-40(44)48(34-54(56)61-53)58(36-17-5-2-6-18-36)38-28-30-52-46(32-38)42-22-12-14-26-50(42)60-52/h1-34,41,49H. The molecule has 2 aliphatic rings. The van der Waals surface area contributed by atoms with Crippen molar-refractivity contribution >= 4 is 99.5 Å². The maximum Gasteiger partial charge on any atom is 0.138 e. The van der Waals surface area contributed by atoms with Crippen molar-refractivity contribution in [3.8, 4) is 5.75 Å². The molecule has 9 aromatic carbocycles. The molecule has 0 saturated carbocycles. The molecule has 1 aliphatic carbocycles. The van der Waals surface area contributed by atoms with E-state index in [0.29, 0.717) is 0 Å². The lowest BCUT2D eigenvalue weighted by Crippen LogP contribution is -2.15. The molecule has 3 heterocycles. The number of hydrogen-bond donors (Lipinski definition) is 0. The second-order valence-electron chi connectivity index (χ2n) is 16.0. The van der Waals surface area contributed by atoms with Crippen LogP contribution in [-0.2, 0) is 0 Å². The number of fused-ring (bicyclic) bond motifs is 13. The predicted molar refractivity (Wildman–Crippen MR) is 251 cm³/mol. The van der Waals surface area contributed by atoms with E-state index >= 15 is 0 Å². The van der Waals surface area contributed by atoms with Gasteiger partial charge in [-0.2, -0.15) is 0 Å². The Kier molecular flexibility index (Phi) is 7.36. The smallest absolute Gasteiger partial charge is 0.138 e. The summed E-state index contributed by atoms with van der Waals surface area (Å²) in [6, 6.07) is 64.5. The molecule has 288 valence electrons. The summed E-state index contributed by atoms with van der Waals surface area (Å²) in [5, 5.41) is 8.90. The lowest BCUT2D eigenvalue weighted by Gasteiger charge is -2.27. The van der Waals surface area contributed by atoms with E-state index in [2.05, 4.69) is 204 Å². The van der Waals surface area contributed by atoms with Gasteiger partial charge in [0.15, 0.2) is 0 Å². The Labute approximate surface area is 351 Å². The molecule has 0 spiro atoms. The summed E-state index contributed by atoms with van der Waals surface area (Å²) in [5.41, 5.74) is 10.9. The number of anilines is 6. The van der Waals surface area contributed by atoms with E-state index in [0.717, 1.165) is 105 Å². The maximum atomic E-state index is 7.15. The van der Waals surface area contributed by atoms with Crippen molar-refractivity contribution in [2.45, 2.75) is 12.0 Å². The number of rotatable bonds is 6. The molecule has 2 unspecified atom stereocenters. The fraction of sp³-hybridized carbons (Fsp3) is 0.0357. The number of furan rings is 2.